The Morgan fingerprint density at radius 1 is 1.39 bits per heavy atom. The first-order valence-corrected chi connectivity index (χ1v) is 8.61. The molecule has 0 aromatic heterocycles. The van der Waals surface area contributed by atoms with Crippen molar-refractivity contribution >= 4 is 17.5 Å². The summed E-state index contributed by atoms with van der Waals surface area (Å²) in [6.45, 7) is 5.77. The van der Waals surface area contributed by atoms with Crippen LogP contribution in [0.5, 0.6) is 0 Å². The van der Waals surface area contributed by atoms with Crippen molar-refractivity contribution in [3.05, 3.63) is 34.9 Å². The van der Waals surface area contributed by atoms with Crippen molar-refractivity contribution < 1.29 is 4.79 Å². The van der Waals surface area contributed by atoms with Gasteiger partial charge in [0.15, 0.2) is 0 Å². The Morgan fingerprint density at radius 2 is 2.13 bits per heavy atom. The molecule has 1 aliphatic heterocycles. The first kappa shape index (κ1) is 17.8. The van der Waals surface area contributed by atoms with E-state index < -0.39 is 0 Å². The van der Waals surface area contributed by atoms with E-state index in [1.165, 1.54) is 18.4 Å². The van der Waals surface area contributed by atoms with Crippen LogP contribution in [0.2, 0.25) is 5.02 Å². The first-order chi connectivity index (χ1) is 11.1. The number of hydrogen-bond donors (Lipinski definition) is 0. The second-order valence-electron chi connectivity index (χ2n) is 6.25. The summed E-state index contributed by atoms with van der Waals surface area (Å²) in [5, 5.41) is 0.787. The van der Waals surface area contributed by atoms with Crippen molar-refractivity contribution in [1.29, 1.82) is 0 Å². The molecule has 1 heterocycles. The molecule has 1 amide bonds. The summed E-state index contributed by atoms with van der Waals surface area (Å²) in [4.78, 5) is 16.0. The third kappa shape index (κ3) is 5.89. The summed E-state index contributed by atoms with van der Waals surface area (Å²) in [6, 6.07) is 8.09. The highest BCUT2D eigenvalue weighted by molar-refractivity contribution is 6.30. The molecule has 23 heavy (non-hydrogen) atoms. The van der Waals surface area contributed by atoms with E-state index in [1.807, 2.05) is 19.2 Å². The molecular weight excluding hydrogens is 308 g/mol. The number of amides is 1. The summed E-state index contributed by atoms with van der Waals surface area (Å²) in [6.07, 6.45) is 3.43. The molecule has 1 aromatic carbocycles. The van der Waals surface area contributed by atoms with E-state index in [-0.39, 0.29) is 5.91 Å². The van der Waals surface area contributed by atoms with E-state index in [0.29, 0.717) is 5.92 Å². The lowest BCUT2D eigenvalue weighted by Crippen LogP contribution is -2.42. The van der Waals surface area contributed by atoms with Gasteiger partial charge in [-0.15, -0.1) is 0 Å². The summed E-state index contributed by atoms with van der Waals surface area (Å²) in [5.74, 6) is 5.75. The lowest BCUT2D eigenvalue weighted by molar-refractivity contribution is -0.124. The summed E-state index contributed by atoms with van der Waals surface area (Å²) >= 11 is 5.92. The van der Waals surface area contributed by atoms with Crippen LogP contribution in [0.25, 0.3) is 0 Å². The van der Waals surface area contributed by atoms with Crippen molar-refractivity contribution in [2.24, 2.45) is 5.92 Å². The highest BCUT2D eigenvalue weighted by atomic mass is 35.5. The van der Waals surface area contributed by atoms with Gasteiger partial charge in [-0.25, -0.2) is 0 Å². The maximum Gasteiger partial charge on any atom is 0.298 e. The monoisotopic (exact) mass is 332 g/mol. The van der Waals surface area contributed by atoms with Crippen molar-refractivity contribution in [1.82, 2.24) is 9.80 Å². The van der Waals surface area contributed by atoms with Gasteiger partial charge in [-0.05, 0) is 62.3 Å². The smallest absolute Gasteiger partial charge is 0.298 e. The first-order valence-electron chi connectivity index (χ1n) is 8.23. The summed E-state index contributed by atoms with van der Waals surface area (Å²) in [5.41, 5.74) is 1.32. The minimum absolute atomic E-state index is 0.0780. The number of carbonyl (C=O) groups is 1. The van der Waals surface area contributed by atoms with Gasteiger partial charge in [-0.3, -0.25) is 4.79 Å². The van der Waals surface area contributed by atoms with E-state index in [1.54, 1.807) is 11.8 Å². The molecule has 124 valence electrons. The molecule has 0 N–H and O–H groups in total. The Bertz CT molecular complexity index is 573. The fourth-order valence-electron chi connectivity index (χ4n) is 3.11. The molecule has 1 fully saturated rings. The fourth-order valence-corrected chi connectivity index (χ4v) is 3.24. The molecule has 2 rings (SSSR count). The van der Waals surface area contributed by atoms with Gasteiger partial charge in [0, 0.05) is 31.7 Å². The zero-order chi connectivity index (χ0) is 16.7. The largest absolute Gasteiger partial charge is 0.335 e. The number of piperidine rings is 1. The molecule has 3 nitrogen and oxygen atoms in total. The number of likely N-dealkylation sites (tertiary alicyclic amines) is 1. The lowest BCUT2D eigenvalue weighted by Gasteiger charge is -2.34. The van der Waals surface area contributed by atoms with Crippen LogP contribution in [-0.4, -0.2) is 48.9 Å². The highest BCUT2D eigenvalue weighted by Crippen LogP contribution is 2.18. The molecule has 1 atom stereocenters. The zero-order valence-corrected chi connectivity index (χ0v) is 14.8. The van der Waals surface area contributed by atoms with E-state index >= 15 is 0 Å². The molecule has 1 aromatic rings. The van der Waals surface area contributed by atoms with Gasteiger partial charge in [0.1, 0.15) is 0 Å². The molecule has 0 unspecified atom stereocenters. The van der Waals surface area contributed by atoms with E-state index in [0.717, 1.165) is 37.6 Å². The standard InChI is InChI=1S/C19H25ClN2O/c1-3-5-19(23)21(2)14-17-6-4-12-22(15-17)13-11-16-7-9-18(20)10-8-16/h7-10,17H,4,6,11-15H2,1-2H3/t17-/m1/s1. The molecule has 4 heteroatoms. The topological polar surface area (TPSA) is 23.6 Å². The van der Waals surface area contributed by atoms with Crippen molar-refractivity contribution in [3.8, 4) is 11.8 Å². The van der Waals surface area contributed by atoms with Crippen LogP contribution >= 0.6 is 11.6 Å². The Labute approximate surface area is 144 Å². The molecule has 0 saturated carbocycles. The Kier molecular flexibility index (Phi) is 6.95. The van der Waals surface area contributed by atoms with Crippen LogP contribution in [-0.2, 0) is 11.2 Å². The number of halogens is 1. The molecule has 1 saturated heterocycles. The predicted molar refractivity (Wildman–Crippen MR) is 95.4 cm³/mol. The van der Waals surface area contributed by atoms with Gasteiger partial charge in [-0.1, -0.05) is 29.7 Å². The third-order valence-corrected chi connectivity index (χ3v) is 4.60. The Balaban J connectivity index is 1.79. The number of hydrogen-bond acceptors (Lipinski definition) is 2. The van der Waals surface area contributed by atoms with Crippen LogP contribution in [0.15, 0.2) is 24.3 Å². The SMILES string of the molecule is CC#CC(=O)N(C)C[C@H]1CCCN(CCc2ccc(Cl)cc2)C1. The normalized spacial score (nSPS) is 18.1. The summed E-state index contributed by atoms with van der Waals surface area (Å²) < 4.78 is 0. The van der Waals surface area contributed by atoms with E-state index in [9.17, 15) is 4.79 Å². The van der Waals surface area contributed by atoms with Crippen LogP contribution in [0.3, 0.4) is 0 Å². The van der Waals surface area contributed by atoms with Gasteiger partial charge >= 0.3 is 0 Å². The van der Waals surface area contributed by atoms with Crippen LogP contribution in [0.1, 0.15) is 25.3 Å². The van der Waals surface area contributed by atoms with Gasteiger partial charge in [0.25, 0.3) is 5.91 Å². The van der Waals surface area contributed by atoms with Gasteiger partial charge < -0.3 is 9.80 Å². The zero-order valence-electron chi connectivity index (χ0n) is 14.0. The fraction of sp³-hybridized carbons (Fsp3) is 0.526. The van der Waals surface area contributed by atoms with Crippen LogP contribution in [0, 0.1) is 17.8 Å². The average molecular weight is 333 g/mol. The Hall–Kier alpha value is -1.50. The van der Waals surface area contributed by atoms with E-state index in [2.05, 4.69) is 28.9 Å². The van der Waals surface area contributed by atoms with Crippen LogP contribution in [0.4, 0.5) is 0 Å². The molecule has 0 spiro atoms. The summed E-state index contributed by atoms with van der Waals surface area (Å²) in [7, 11) is 1.85. The number of benzene rings is 1. The molecule has 0 bridgehead atoms. The molecule has 0 radical (unpaired) electrons. The van der Waals surface area contributed by atoms with Crippen molar-refractivity contribution in [2.75, 3.05) is 33.2 Å². The minimum Gasteiger partial charge on any atom is -0.335 e. The Morgan fingerprint density at radius 3 is 2.83 bits per heavy atom. The van der Waals surface area contributed by atoms with Gasteiger partial charge in [0.2, 0.25) is 0 Å². The number of nitrogens with zero attached hydrogens (tertiary/aromatic N) is 2. The molecule has 0 aliphatic carbocycles. The highest BCUT2D eigenvalue weighted by Gasteiger charge is 2.22. The maximum atomic E-state index is 11.8. The second-order valence-corrected chi connectivity index (χ2v) is 6.68. The quantitative estimate of drug-likeness (QED) is 0.774. The van der Waals surface area contributed by atoms with Gasteiger partial charge in [-0.2, -0.15) is 0 Å². The second kappa shape index (κ2) is 8.96. The predicted octanol–water partition coefficient (Wildman–Crippen LogP) is 3.08. The number of carbonyl (C=O) groups excluding carboxylic acids is 1. The lowest BCUT2D eigenvalue weighted by atomic mass is 9.97. The van der Waals surface area contributed by atoms with Crippen LogP contribution < -0.4 is 0 Å². The minimum atomic E-state index is -0.0780. The van der Waals surface area contributed by atoms with Gasteiger partial charge in [0.05, 0.1) is 0 Å². The van der Waals surface area contributed by atoms with Crippen molar-refractivity contribution in [2.45, 2.75) is 26.2 Å². The average Bonchev–Trinajstić information content (AvgIpc) is 2.55. The maximum absolute atomic E-state index is 11.8. The van der Waals surface area contributed by atoms with E-state index in [4.69, 9.17) is 11.6 Å². The molecular formula is C19H25ClN2O. The third-order valence-electron chi connectivity index (χ3n) is 4.34. The van der Waals surface area contributed by atoms with Crippen molar-refractivity contribution in [3.63, 3.8) is 0 Å². The number of rotatable bonds is 5. The molecule has 1 aliphatic rings.